The van der Waals surface area contributed by atoms with Crippen LogP contribution < -0.4 is 14.8 Å². The first-order valence-electron chi connectivity index (χ1n) is 6.95. The maximum absolute atomic E-state index is 5.79. The number of nitrogens with one attached hydrogen (secondary N) is 1. The zero-order valence-corrected chi connectivity index (χ0v) is 12.0. The molecule has 0 fully saturated rings. The molecule has 4 nitrogen and oxygen atoms in total. The highest BCUT2D eigenvalue weighted by atomic mass is 16.5. The lowest BCUT2D eigenvalue weighted by molar-refractivity contribution is 0.295. The van der Waals surface area contributed by atoms with Gasteiger partial charge in [0.15, 0.2) is 0 Å². The van der Waals surface area contributed by atoms with Crippen LogP contribution in [0, 0.1) is 0 Å². The summed E-state index contributed by atoms with van der Waals surface area (Å²) in [4.78, 5) is 0. The Balaban J connectivity index is 1.94. The summed E-state index contributed by atoms with van der Waals surface area (Å²) in [5.41, 5.74) is 1.06. The molecule has 0 atom stereocenters. The summed E-state index contributed by atoms with van der Waals surface area (Å²) in [6.45, 7) is 6.81. The number of benzene rings is 1. The minimum Gasteiger partial charge on any atom is -0.494 e. The molecule has 20 heavy (non-hydrogen) atoms. The average Bonchev–Trinajstić information content (AvgIpc) is 2.91. The van der Waals surface area contributed by atoms with Gasteiger partial charge in [0.05, 0.1) is 19.4 Å². The maximum atomic E-state index is 5.79. The van der Waals surface area contributed by atoms with E-state index in [1.54, 1.807) is 6.26 Å². The normalized spacial score (nSPS) is 10.5. The molecule has 1 N–H and O–H groups in total. The fourth-order valence-electron chi connectivity index (χ4n) is 1.87. The SMILES string of the molecule is CCNCc1occc1COc1cccc(OCC)c1. The van der Waals surface area contributed by atoms with E-state index in [1.165, 1.54) is 0 Å². The van der Waals surface area contributed by atoms with E-state index >= 15 is 0 Å². The van der Waals surface area contributed by atoms with Gasteiger partial charge in [-0.25, -0.2) is 0 Å². The van der Waals surface area contributed by atoms with Crippen molar-refractivity contribution in [1.29, 1.82) is 0 Å². The fourth-order valence-corrected chi connectivity index (χ4v) is 1.87. The predicted octanol–water partition coefficient (Wildman–Crippen LogP) is 3.37. The van der Waals surface area contributed by atoms with Crippen LogP contribution in [0.5, 0.6) is 11.5 Å². The largest absolute Gasteiger partial charge is 0.494 e. The molecule has 0 saturated carbocycles. The number of ether oxygens (including phenoxy) is 2. The molecule has 0 aliphatic rings. The van der Waals surface area contributed by atoms with Gasteiger partial charge in [0.25, 0.3) is 0 Å². The van der Waals surface area contributed by atoms with E-state index in [-0.39, 0.29) is 0 Å². The molecule has 108 valence electrons. The van der Waals surface area contributed by atoms with Crippen LogP contribution in [0.2, 0.25) is 0 Å². The van der Waals surface area contributed by atoms with Gasteiger partial charge in [-0.15, -0.1) is 0 Å². The molecule has 0 saturated heterocycles. The lowest BCUT2D eigenvalue weighted by Gasteiger charge is -2.09. The third-order valence-corrected chi connectivity index (χ3v) is 2.88. The van der Waals surface area contributed by atoms with Crippen molar-refractivity contribution in [2.45, 2.75) is 27.0 Å². The minimum absolute atomic E-state index is 0.493. The van der Waals surface area contributed by atoms with Gasteiger partial charge in [-0.05, 0) is 31.7 Å². The molecular weight excluding hydrogens is 254 g/mol. The van der Waals surface area contributed by atoms with Crippen molar-refractivity contribution in [2.24, 2.45) is 0 Å². The van der Waals surface area contributed by atoms with Gasteiger partial charge in [-0.3, -0.25) is 0 Å². The zero-order valence-electron chi connectivity index (χ0n) is 12.0. The summed E-state index contributed by atoms with van der Waals surface area (Å²) in [7, 11) is 0. The molecule has 0 radical (unpaired) electrons. The Labute approximate surface area is 119 Å². The summed E-state index contributed by atoms with van der Waals surface area (Å²) in [5, 5.41) is 3.25. The highest BCUT2D eigenvalue weighted by Crippen LogP contribution is 2.21. The quantitative estimate of drug-likeness (QED) is 0.802. The molecule has 1 aromatic heterocycles. The van der Waals surface area contributed by atoms with Crippen LogP contribution >= 0.6 is 0 Å². The van der Waals surface area contributed by atoms with Crippen LogP contribution in [0.3, 0.4) is 0 Å². The molecule has 0 spiro atoms. The maximum Gasteiger partial charge on any atom is 0.124 e. The van der Waals surface area contributed by atoms with Crippen LogP contribution in [0.4, 0.5) is 0 Å². The molecule has 1 heterocycles. The van der Waals surface area contributed by atoms with Crippen molar-refractivity contribution in [1.82, 2.24) is 5.32 Å². The molecule has 0 aliphatic heterocycles. The van der Waals surface area contributed by atoms with E-state index in [4.69, 9.17) is 13.9 Å². The third kappa shape index (κ3) is 4.03. The number of rotatable bonds is 8. The molecule has 0 aliphatic carbocycles. The molecule has 0 bridgehead atoms. The van der Waals surface area contributed by atoms with Crippen LogP contribution in [-0.4, -0.2) is 13.2 Å². The first-order chi connectivity index (χ1) is 9.83. The number of hydrogen-bond donors (Lipinski definition) is 1. The lowest BCUT2D eigenvalue weighted by Crippen LogP contribution is -2.12. The first-order valence-corrected chi connectivity index (χ1v) is 6.95. The van der Waals surface area contributed by atoms with E-state index in [0.29, 0.717) is 13.2 Å². The fraction of sp³-hybridized carbons (Fsp3) is 0.375. The molecule has 0 unspecified atom stereocenters. The van der Waals surface area contributed by atoms with Gasteiger partial charge in [0.2, 0.25) is 0 Å². The molecule has 4 heteroatoms. The second kappa shape index (κ2) is 7.60. The van der Waals surface area contributed by atoms with Crippen molar-refractivity contribution >= 4 is 0 Å². The summed E-state index contributed by atoms with van der Waals surface area (Å²) < 4.78 is 16.7. The number of hydrogen-bond acceptors (Lipinski definition) is 4. The zero-order chi connectivity index (χ0) is 14.2. The smallest absolute Gasteiger partial charge is 0.124 e. The standard InChI is InChI=1S/C16H21NO3/c1-3-17-11-16-13(8-9-19-16)12-20-15-7-5-6-14(10-15)18-4-2/h5-10,17H,3-4,11-12H2,1-2H3. The van der Waals surface area contributed by atoms with Gasteiger partial charge in [-0.1, -0.05) is 13.0 Å². The van der Waals surface area contributed by atoms with E-state index < -0.39 is 0 Å². The highest BCUT2D eigenvalue weighted by molar-refractivity contribution is 5.33. The monoisotopic (exact) mass is 275 g/mol. The van der Waals surface area contributed by atoms with Gasteiger partial charge < -0.3 is 19.2 Å². The van der Waals surface area contributed by atoms with Gasteiger partial charge in [0.1, 0.15) is 23.9 Å². The first kappa shape index (κ1) is 14.5. The summed E-state index contributed by atoms with van der Waals surface area (Å²) in [5.74, 6) is 2.55. The molecule has 2 rings (SSSR count). The number of furan rings is 1. The van der Waals surface area contributed by atoms with Crippen molar-refractivity contribution in [3.05, 3.63) is 47.9 Å². The topological polar surface area (TPSA) is 43.6 Å². The summed E-state index contributed by atoms with van der Waals surface area (Å²) >= 11 is 0. The van der Waals surface area contributed by atoms with E-state index in [1.807, 2.05) is 37.3 Å². The Morgan fingerprint density at radius 3 is 2.65 bits per heavy atom. The minimum atomic E-state index is 0.493. The molecular formula is C16H21NO3. The van der Waals surface area contributed by atoms with Crippen molar-refractivity contribution in [3.8, 4) is 11.5 Å². The Morgan fingerprint density at radius 1 is 1.10 bits per heavy atom. The van der Waals surface area contributed by atoms with Crippen molar-refractivity contribution in [3.63, 3.8) is 0 Å². The molecule has 2 aromatic rings. The summed E-state index contributed by atoms with van der Waals surface area (Å²) in [6, 6.07) is 9.61. The van der Waals surface area contributed by atoms with Crippen LogP contribution in [0.15, 0.2) is 41.0 Å². The second-order valence-corrected chi connectivity index (χ2v) is 4.35. The van der Waals surface area contributed by atoms with Gasteiger partial charge in [0, 0.05) is 11.6 Å². The van der Waals surface area contributed by atoms with Crippen LogP contribution in [0.1, 0.15) is 25.2 Å². The van der Waals surface area contributed by atoms with Crippen molar-refractivity contribution < 1.29 is 13.9 Å². The summed E-state index contributed by atoms with van der Waals surface area (Å²) in [6.07, 6.45) is 1.70. The third-order valence-electron chi connectivity index (χ3n) is 2.88. The van der Waals surface area contributed by atoms with E-state index in [0.717, 1.165) is 35.9 Å². The van der Waals surface area contributed by atoms with Crippen molar-refractivity contribution in [2.75, 3.05) is 13.2 Å². The Kier molecular flexibility index (Phi) is 5.50. The Bertz CT molecular complexity index is 522. The predicted molar refractivity (Wildman–Crippen MR) is 78.0 cm³/mol. The molecule has 0 amide bonds. The van der Waals surface area contributed by atoms with E-state index in [2.05, 4.69) is 12.2 Å². The van der Waals surface area contributed by atoms with Gasteiger partial charge in [-0.2, -0.15) is 0 Å². The van der Waals surface area contributed by atoms with Gasteiger partial charge >= 0.3 is 0 Å². The highest BCUT2D eigenvalue weighted by Gasteiger charge is 2.07. The Hall–Kier alpha value is -1.94. The molecule has 1 aromatic carbocycles. The van der Waals surface area contributed by atoms with E-state index in [9.17, 15) is 0 Å². The second-order valence-electron chi connectivity index (χ2n) is 4.35. The Morgan fingerprint density at radius 2 is 1.90 bits per heavy atom. The van der Waals surface area contributed by atoms with Crippen LogP contribution in [0.25, 0.3) is 0 Å². The van der Waals surface area contributed by atoms with Crippen LogP contribution in [-0.2, 0) is 13.2 Å². The lowest BCUT2D eigenvalue weighted by atomic mass is 10.2. The average molecular weight is 275 g/mol.